The molecule has 0 aliphatic heterocycles. The monoisotopic (exact) mass is 604 g/mol. The molecular weight excluding hydrogens is 575 g/mol. The lowest BCUT2D eigenvalue weighted by atomic mass is 10.1. The van der Waals surface area contributed by atoms with Crippen LogP contribution < -0.4 is 14.2 Å². The minimum Gasteiger partial charge on any atom is -0.495 e. The molecule has 0 aliphatic rings. The zero-order chi connectivity index (χ0) is 28.1. The molecule has 0 saturated carbocycles. The third kappa shape index (κ3) is 8.14. The number of carbonyl (C=O) groups is 1. The number of nitrogens with one attached hydrogen (secondary N) is 1. The van der Waals surface area contributed by atoms with Gasteiger partial charge in [0.05, 0.1) is 7.11 Å². The highest BCUT2D eigenvalue weighted by atomic mass is 79.9. The largest absolute Gasteiger partial charge is 0.495 e. The maximum absolute atomic E-state index is 14.0. The molecule has 10 heteroatoms. The number of ether oxygens (including phenoxy) is 2. The van der Waals surface area contributed by atoms with Gasteiger partial charge in [0.2, 0.25) is 15.9 Å². The van der Waals surface area contributed by atoms with Gasteiger partial charge in [-0.3, -0.25) is 4.79 Å². The standard InChI is InChI=1S/C28H30BrFN2O5S/c1-28(2,3)31-38(34,35)26-16-19(6-13-25(26)36-5)7-15-27(33)32(4)18-20-17-22(30)10-14-24(20)37-23-11-8-21(29)9-12-23/h6-17,31H,18H2,1-5H3/b15-7+. The van der Waals surface area contributed by atoms with Gasteiger partial charge in [-0.1, -0.05) is 22.0 Å². The first kappa shape index (κ1) is 29.3. The summed E-state index contributed by atoms with van der Waals surface area (Å²) in [5.74, 6) is 0.369. The quantitative estimate of drug-likeness (QED) is 0.297. The zero-order valence-electron chi connectivity index (χ0n) is 21.8. The molecule has 0 heterocycles. The van der Waals surface area contributed by atoms with Gasteiger partial charge in [0.25, 0.3) is 0 Å². The van der Waals surface area contributed by atoms with E-state index in [1.54, 1.807) is 46.0 Å². The Balaban J connectivity index is 1.78. The highest BCUT2D eigenvalue weighted by molar-refractivity contribution is 9.10. The first-order valence-corrected chi connectivity index (χ1v) is 13.9. The molecule has 1 amide bonds. The topological polar surface area (TPSA) is 84.9 Å². The number of likely N-dealkylation sites (N-methyl/N-ethyl adjacent to an activating group) is 1. The summed E-state index contributed by atoms with van der Waals surface area (Å²) in [5, 5.41) is 0. The van der Waals surface area contributed by atoms with Crippen LogP contribution in [0.3, 0.4) is 0 Å². The SMILES string of the molecule is COc1ccc(/C=C/C(=O)N(C)Cc2cc(F)ccc2Oc2ccc(Br)cc2)cc1S(=O)(=O)NC(C)(C)C. The summed E-state index contributed by atoms with van der Waals surface area (Å²) in [6, 6.07) is 16.0. The van der Waals surface area contributed by atoms with Crippen LogP contribution in [0.15, 0.2) is 76.1 Å². The molecule has 7 nitrogen and oxygen atoms in total. The van der Waals surface area contributed by atoms with Crippen LogP contribution in [0.5, 0.6) is 17.2 Å². The number of hydrogen-bond donors (Lipinski definition) is 1. The Morgan fingerprint density at radius 2 is 1.71 bits per heavy atom. The molecule has 0 unspecified atom stereocenters. The zero-order valence-corrected chi connectivity index (χ0v) is 24.2. The summed E-state index contributed by atoms with van der Waals surface area (Å²) in [5.41, 5.74) is 0.292. The average Bonchev–Trinajstić information content (AvgIpc) is 2.83. The molecule has 0 radical (unpaired) electrons. The highest BCUT2D eigenvalue weighted by Gasteiger charge is 2.25. The summed E-state index contributed by atoms with van der Waals surface area (Å²) in [7, 11) is -0.901. The minimum absolute atomic E-state index is 0.0348. The summed E-state index contributed by atoms with van der Waals surface area (Å²) in [6.07, 6.45) is 2.84. The van der Waals surface area contributed by atoms with Crippen LogP contribution in [0, 0.1) is 5.82 Å². The van der Waals surface area contributed by atoms with E-state index in [0.29, 0.717) is 22.6 Å². The van der Waals surface area contributed by atoms with E-state index < -0.39 is 21.4 Å². The lowest BCUT2D eigenvalue weighted by Crippen LogP contribution is -2.40. The fraction of sp³-hybridized carbons (Fsp3) is 0.250. The molecular formula is C28H30BrFN2O5S. The Bertz CT molecular complexity index is 1430. The number of hydrogen-bond acceptors (Lipinski definition) is 5. The van der Waals surface area contributed by atoms with Crippen molar-refractivity contribution in [2.75, 3.05) is 14.2 Å². The van der Waals surface area contributed by atoms with Crippen molar-refractivity contribution < 1.29 is 27.1 Å². The summed E-state index contributed by atoms with van der Waals surface area (Å²) in [4.78, 5) is 14.2. The summed E-state index contributed by atoms with van der Waals surface area (Å²) < 4.78 is 54.5. The number of benzene rings is 3. The molecule has 0 spiro atoms. The second-order valence-corrected chi connectivity index (χ2v) is 12.2. The highest BCUT2D eigenvalue weighted by Crippen LogP contribution is 2.29. The molecule has 3 aromatic rings. The van der Waals surface area contributed by atoms with E-state index in [-0.39, 0.29) is 23.1 Å². The molecule has 38 heavy (non-hydrogen) atoms. The molecule has 1 N–H and O–H groups in total. The molecule has 0 aromatic heterocycles. The van der Waals surface area contributed by atoms with Crippen LogP contribution in [-0.4, -0.2) is 38.9 Å². The van der Waals surface area contributed by atoms with Crippen molar-refractivity contribution in [3.63, 3.8) is 0 Å². The van der Waals surface area contributed by atoms with Crippen molar-refractivity contribution in [1.82, 2.24) is 9.62 Å². The fourth-order valence-corrected chi connectivity index (χ4v) is 5.38. The first-order valence-electron chi connectivity index (χ1n) is 11.6. The van der Waals surface area contributed by atoms with E-state index in [1.165, 1.54) is 54.5 Å². The van der Waals surface area contributed by atoms with Gasteiger partial charge in [0.1, 0.15) is 28.0 Å². The Hall–Kier alpha value is -3.21. The minimum atomic E-state index is -3.87. The van der Waals surface area contributed by atoms with E-state index in [4.69, 9.17) is 9.47 Å². The first-order chi connectivity index (χ1) is 17.8. The van der Waals surface area contributed by atoms with Crippen LogP contribution in [-0.2, 0) is 21.4 Å². The maximum Gasteiger partial charge on any atom is 0.246 e. The predicted molar refractivity (Wildman–Crippen MR) is 149 cm³/mol. The molecule has 202 valence electrons. The van der Waals surface area contributed by atoms with Crippen molar-refractivity contribution >= 4 is 37.9 Å². The Morgan fingerprint density at radius 1 is 1.05 bits per heavy atom. The average molecular weight is 606 g/mol. The number of nitrogens with zero attached hydrogens (tertiary/aromatic N) is 1. The molecule has 3 rings (SSSR count). The van der Waals surface area contributed by atoms with Crippen LogP contribution in [0.4, 0.5) is 4.39 Å². The Labute approximate surface area is 231 Å². The van der Waals surface area contributed by atoms with Crippen molar-refractivity contribution in [2.45, 2.75) is 37.8 Å². The number of halogens is 2. The number of methoxy groups -OCH3 is 1. The normalized spacial score (nSPS) is 12.0. The fourth-order valence-electron chi connectivity index (χ4n) is 3.49. The van der Waals surface area contributed by atoms with Crippen LogP contribution in [0.25, 0.3) is 6.08 Å². The molecule has 0 saturated heterocycles. The van der Waals surface area contributed by atoms with E-state index in [9.17, 15) is 17.6 Å². The van der Waals surface area contributed by atoms with Gasteiger partial charge in [0, 0.05) is 35.2 Å². The van der Waals surface area contributed by atoms with Gasteiger partial charge < -0.3 is 14.4 Å². The van der Waals surface area contributed by atoms with Gasteiger partial charge in [-0.05, 0) is 87.0 Å². The van der Waals surface area contributed by atoms with Gasteiger partial charge in [-0.15, -0.1) is 0 Å². The van der Waals surface area contributed by atoms with Gasteiger partial charge >= 0.3 is 0 Å². The molecule has 0 fully saturated rings. The van der Waals surface area contributed by atoms with Crippen molar-refractivity contribution in [2.24, 2.45) is 0 Å². The summed E-state index contributed by atoms with van der Waals surface area (Å²) >= 11 is 3.37. The number of sulfonamides is 1. The van der Waals surface area contributed by atoms with Gasteiger partial charge in [-0.25, -0.2) is 17.5 Å². The maximum atomic E-state index is 14.0. The number of rotatable bonds is 9. The van der Waals surface area contributed by atoms with Crippen molar-refractivity contribution in [3.05, 3.63) is 88.2 Å². The molecule has 0 bridgehead atoms. The molecule has 0 atom stereocenters. The lowest BCUT2D eigenvalue weighted by molar-refractivity contribution is -0.125. The van der Waals surface area contributed by atoms with Crippen molar-refractivity contribution in [3.8, 4) is 17.2 Å². The second-order valence-electron chi connectivity index (χ2n) is 9.60. The predicted octanol–water partition coefficient (Wildman–Crippen LogP) is 6.14. The van der Waals surface area contributed by atoms with E-state index >= 15 is 0 Å². The van der Waals surface area contributed by atoms with E-state index in [2.05, 4.69) is 20.7 Å². The molecule has 3 aromatic carbocycles. The van der Waals surface area contributed by atoms with Gasteiger partial charge in [-0.2, -0.15) is 0 Å². The number of carbonyl (C=O) groups excluding carboxylic acids is 1. The van der Waals surface area contributed by atoms with Crippen LogP contribution in [0.2, 0.25) is 0 Å². The van der Waals surface area contributed by atoms with Crippen LogP contribution >= 0.6 is 15.9 Å². The Kier molecular flexibility index (Phi) is 9.35. The van der Waals surface area contributed by atoms with Crippen molar-refractivity contribution in [1.29, 1.82) is 0 Å². The molecule has 0 aliphatic carbocycles. The summed E-state index contributed by atoms with van der Waals surface area (Å²) in [6.45, 7) is 5.31. The number of amides is 1. The van der Waals surface area contributed by atoms with Gasteiger partial charge in [0.15, 0.2) is 0 Å². The lowest BCUT2D eigenvalue weighted by Gasteiger charge is -2.21. The Morgan fingerprint density at radius 3 is 2.34 bits per heavy atom. The van der Waals surface area contributed by atoms with E-state index in [1.807, 2.05) is 12.1 Å². The van der Waals surface area contributed by atoms with E-state index in [0.717, 1.165) is 4.47 Å². The van der Waals surface area contributed by atoms with Crippen LogP contribution in [0.1, 0.15) is 31.9 Å². The smallest absolute Gasteiger partial charge is 0.246 e. The second kappa shape index (κ2) is 12.1. The third-order valence-electron chi connectivity index (χ3n) is 5.18. The third-order valence-corrected chi connectivity index (χ3v) is 7.49.